The summed E-state index contributed by atoms with van der Waals surface area (Å²) in [5.41, 5.74) is 1.46. The van der Waals surface area contributed by atoms with Gasteiger partial charge in [0.2, 0.25) is 0 Å². The van der Waals surface area contributed by atoms with E-state index in [1.165, 1.54) is 5.56 Å². The van der Waals surface area contributed by atoms with Gasteiger partial charge in [-0.3, -0.25) is 0 Å². The molecule has 0 atom stereocenters. The van der Waals surface area contributed by atoms with E-state index in [1.54, 1.807) is 0 Å². The normalized spacial score (nSPS) is 17.1. The van der Waals surface area contributed by atoms with E-state index in [1.807, 2.05) is 11.9 Å². The highest BCUT2D eigenvalue weighted by atomic mass is 16.2. The average Bonchev–Trinajstić information content (AvgIpc) is 2.60. The second-order valence-corrected chi connectivity index (χ2v) is 7.07. The molecule has 24 heavy (non-hydrogen) atoms. The summed E-state index contributed by atoms with van der Waals surface area (Å²) in [5.74, 6) is 0. The van der Waals surface area contributed by atoms with Crippen LogP contribution in [0.15, 0.2) is 30.3 Å². The molecule has 0 saturated carbocycles. The monoisotopic (exact) mass is 332 g/mol. The van der Waals surface area contributed by atoms with Crippen LogP contribution >= 0.6 is 0 Å². The molecule has 1 aromatic carbocycles. The van der Waals surface area contributed by atoms with Crippen molar-refractivity contribution in [2.24, 2.45) is 0 Å². The lowest BCUT2D eigenvalue weighted by atomic mass is 9.82. The minimum Gasteiger partial charge on any atom is -0.338 e. The van der Waals surface area contributed by atoms with Gasteiger partial charge in [-0.15, -0.1) is 0 Å². The van der Waals surface area contributed by atoms with E-state index in [9.17, 15) is 4.79 Å². The van der Waals surface area contributed by atoms with Gasteiger partial charge in [-0.1, -0.05) is 30.3 Å². The zero-order valence-corrected chi connectivity index (χ0v) is 15.3. The molecule has 1 heterocycles. The van der Waals surface area contributed by atoms with Gasteiger partial charge in [-0.05, 0) is 58.9 Å². The second kappa shape index (κ2) is 9.04. The number of carbonyl (C=O) groups is 1. The summed E-state index contributed by atoms with van der Waals surface area (Å²) < 4.78 is 0. The molecule has 1 saturated heterocycles. The van der Waals surface area contributed by atoms with E-state index in [0.717, 1.165) is 51.9 Å². The van der Waals surface area contributed by atoms with E-state index >= 15 is 0 Å². The van der Waals surface area contributed by atoms with E-state index in [0.29, 0.717) is 0 Å². The van der Waals surface area contributed by atoms with Gasteiger partial charge in [-0.25, -0.2) is 4.79 Å². The number of nitrogens with zero attached hydrogens (tertiary/aromatic N) is 2. The molecule has 0 bridgehead atoms. The van der Waals surface area contributed by atoms with Crippen molar-refractivity contribution in [3.63, 3.8) is 0 Å². The first-order chi connectivity index (χ1) is 11.5. The van der Waals surface area contributed by atoms with Gasteiger partial charge in [0.1, 0.15) is 0 Å². The maximum absolute atomic E-state index is 12.3. The number of likely N-dealkylation sites (N-methyl/N-ethyl adjacent to an activating group) is 1. The van der Waals surface area contributed by atoms with Crippen LogP contribution < -0.4 is 10.6 Å². The number of nitrogens with one attached hydrogen (secondary N) is 2. The summed E-state index contributed by atoms with van der Waals surface area (Å²) in [7, 11) is 6.15. The molecule has 0 aromatic heterocycles. The van der Waals surface area contributed by atoms with Crippen LogP contribution in [0.5, 0.6) is 0 Å². The highest BCUT2D eigenvalue weighted by Crippen LogP contribution is 2.26. The summed E-state index contributed by atoms with van der Waals surface area (Å²) in [4.78, 5) is 16.4. The Labute approximate surface area is 146 Å². The van der Waals surface area contributed by atoms with Crippen molar-refractivity contribution in [1.29, 1.82) is 0 Å². The Morgan fingerprint density at radius 3 is 2.46 bits per heavy atom. The number of piperidine rings is 1. The van der Waals surface area contributed by atoms with Crippen molar-refractivity contribution < 1.29 is 4.79 Å². The fourth-order valence-electron chi connectivity index (χ4n) is 3.34. The largest absolute Gasteiger partial charge is 0.338 e. The molecule has 1 aliphatic heterocycles. The van der Waals surface area contributed by atoms with Crippen LogP contribution in [0.4, 0.5) is 4.79 Å². The molecular weight excluding hydrogens is 300 g/mol. The van der Waals surface area contributed by atoms with Gasteiger partial charge in [0, 0.05) is 25.2 Å². The molecule has 0 unspecified atom stereocenters. The lowest BCUT2D eigenvalue weighted by Crippen LogP contribution is -2.56. The summed E-state index contributed by atoms with van der Waals surface area (Å²) in [6, 6.07) is 10.7. The third-order valence-corrected chi connectivity index (χ3v) is 4.98. The Morgan fingerprint density at radius 2 is 1.88 bits per heavy atom. The number of benzene rings is 1. The molecule has 0 radical (unpaired) electrons. The third-order valence-electron chi connectivity index (χ3n) is 4.98. The van der Waals surface area contributed by atoms with Gasteiger partial charge in [-0.2, -0.15) is 0 Å². The zero-order chi connectivity index (χ0) is 17.4. The van der Waals surface area contributed by atoms with Crippen molar-refractivity contribution in [2.45, 2.75) is 31.2 Å². The van der Waals surface area contributed by atoms with Crippen LogP contribution in [0, 0.1) is 0 Å². The molecule has 2 rings (SSSR count). The maximum Gasteiger partial charge on any atom is 0.317 e. The molecule has 0 spiro atoms. The molecule has 134 valence electrons. The molecule has 5 nitrogen and oxygen atoms in total. The van der Waals surface area contributed by atoms with Crippen molar-refractivity contribution in [1.82, 2.24) is 20.4 Å². The van der Waals surface area contributed by atoms with Crippen LogP contribution in [0.3, 0.4) is 0 Å². The van der Waals surface area contributed by atoms with Crippen molar-refractivity contribution in [3.8, 4) is 0 Å². The molecule has 1 aromatic rings. The Balaban J connectivity index is 1.79. The SMILES string of the molecule is CNC1(Cc2ccccc2)CCN(C(=O)NCCCN(C)C)CC1. The van der Waals surface area contributed by atoms with Gasteiger partial charge in [0.05, 0.1) is 0 Å². The molecular formula is C19H32N4O. The molecule has 2 N–H and O–H groups in total. The number of hydrogen-bond acceptors (Lipinski definition) is 3. The fraction of sp³-hybridized carbons (Fsp3) is 0.632. The Hall–Kier alpha value is -1.59. The van der Waals surface area contributed by atoms with Gasteiger partial charge >= 0.3 is 6.03 Å². The fourth-order valence-corrected chi connectivity index (χ4v) is 3.34. The second-order valence-electron chi connectivity index (χ2n) is 7.07. The topological polar surface area (TPSA) is 47.6 Å². The highest BCUT2D eigenvalue weighted by Gasteiger charge is 2.34. The first kappa shape index (κ1) is 18.7. The minimum atomic E-state index is 0.0816. The number of carbonyl (C=O) groups excluding carboxylic acids is 1. The lowest BCUT2D eigenvalue weighted by molar-refractivity contribution is 0.145. The molecule has 1 fully saturated rings. The summed E-state index contributed by atoms with van der Waals surface area (Å²) in [6.45, 7) is 3.37. The average molecular weight is 332 g/mol. The number of likely N-dealkylation sites (tertiary alicyclic amines) is 1. The molecule has 1 aliphatic rings. The van der Waals surface area contributed by atoms with Crippen LogP contribution in [-0.4, -0.2) is 68.7 Å². The van der Waals surface area contributed by atoms with Crippen molar-refractivity contribution >= 4 is 6.03 Å². The van der Waals surface area contributed by atoms with Gasteiger partial charge in [0.25, 0.3) is 0 Å². The Bertz CT molecular complexity index is 495. The van der Waals surface area contributed by atoms with E-state index < -0.39 is 0 Å². The van der Waals surface area contributed by atoms with Crippen LogP contribution in [0.1, 0.15) is 24.8 Å². The number of amides is 2. The molecule has 0 aliphatic carbocycles. The predicted molar refractivity (Wildman–Crippen MR) is 99.3 cm³/mol. The first-order valence-corrected chi connectivity index (χ1v) is 8.95. The predicted octanol–water partition coefficient (Wildman–Crippen LogP) is 1.94. The first-order valence-electron chi connectivity index (χ1n) is 8.95. The van der Waals surface area contributed by atoms with Gasteiger partial charge < -0.3 is 20.4 Å². The van der Waals surface area contributed by atoms with E-state index in [4.69, 9.17) is 0 Å². The van der Waals surface area contributed by atoms with Crippen LogP contribution in [0.2, 0.25) is 0 Å². The number of hydrogen-bond donors (Lipinski definition) is 2. The Kier molecular flexibility index (Phi) is 7.06. The van der Waals surface area contributed by atoms with Crippen LogP contribution in [-0.2, 0) is 6.42 Å². The van der Waals surface area contributed by atoms with E-state index in [2.05, 4.69) is 60.0 Å². The lowest BCUT2D eigenvalue weighted by Gasteiger charge is -2.42. The van der Waals surface area contributed by atoms with Gasteiger partial charge in [0.15, 0.2) is 0 Å². The van der Waals surface area contributed by atoms with Crippen molar-refractivity contribution in [3.05, 3.63) is 35.9 Å². The summed E-state index contributed by atoms with van der Waals surface area (Å²) in [5, 5.41) is 6.57. The van der Waals surface area contributed by atoms with Crippen molar-refractivity contribution in [2.75, 3.05) is 47.3 Å². The van der Waals surface area contributed by atoms with E-state index in [-0.39, 0.29) is 11.6 Å². The Morgan fingerprint density at radius 1 is 1.21 bits per heavy atom. The highest BCUT2D eigenvalue weighted by molar-refractivity contribution is 5.74. The maximum atomic E-state index is 12.3. The smallest absolute Gasteiger partial charge is 0.317 e. The molecule has 5 heteroatoms. The summed E-state index contributed by atoms with van der Waals surface area (Å²) >= 11 is 0. The zero-order valence-electron chi connectivity index (χ0n) is 15.3. The number of urea groups is 1. The molecule has 2 amide bonds. The quantitative estimate of drug-likeness (QED) is 0.750. The van der Waals surface area contributed by atoms with Crippen LogP contribution in [0.25, 0.3) is 0 Å². The number of rotatable bonds is 7. The minimum absolute atomic E-state index is 0.0816. The third kappa shape index (κ3) is 5.49. The standard InChI is InChI=1S/C19H32N4O/c1-20-19(16-17-8-5-4-6-9-17)10-14-23(15-11-19)18(24)21-12-7-13-22(2)3/h4-6,8-9,20H,7,10-16H2,1-3H3,(H,21,24). The summed E-state index contributed by atoms with van der Waals surface area (Å²) in [6.07, 6.45) is 3.98.